The van der Waals surface area contributed by atoms with Crippen LogP contribution in [0, 0.1) is 6.92 Å². The van der Waals surface area contributed by atoms with Crippen LogP contribution < -0.4 is 5.56 Å². The molecule has 1 heterocycles. The van der Waals surface area contributed by atoms with Gasteiger partial charge in [-0.2, -0.15) is 0 Å². The van der Waals surface area contributed by atoms with Gasteiger partial charge in [-0.1, -0.05) is 6.07 Å². The van der Waals surface area contributed by atoms with Gasteiger partial charge >= 0.3 is 0 Å². The Balaban J connectivity index is 1.97. The Morgan fingerprint density at radius 3 is 2.63 bits per heavy atom. The highest BCUT2D eigenvalue weighted by Crippen LogP contribution is 2.33. The highest BCUT2D eigenvalue weighted by molar-refractivity contribution is 5.79. The predicted molar refractivity (Wildman–Crippen MR) is 76.5 cm³/mol. The smallest absolute Gasteiger partial charge is 0.251 e. The molecule has 0 saturated heterocycles. The van der Waals surface area contributed by atoms with Gasteiger partial charge in [-0.3, -0.25) is 4.79 Å². The molecule has 0 spiro atoms. The van der Waals surface area contributed by atoms with E-state index in [1.165, 1.54) is 5.56 Å². The fourth-order valence-electron chi connectivity index (χ4n) is 3.00. The van der Waals surface area contributed by atoms with Crippen LogP contribution in [-0.4, -0.2) is 16.2 Å². The number of aromatic amines is 1. The van der Waals surface area contributed by atoms with Gasteiger partial charge in [0.2, 0.25) is 0 Å². The van der Waals surface area contributed by atoms with Gasteiger partial charge in [-0.05, 0) is 67.7 Å². The molecule has 1 fully saturated rings. The zero-order valence-corrected chi connectivity index (χ0v) is 11.1. The average Bonchev–Trinajstić information content (AvgIpc) is 2.40. The lowest BCUT2D eigenvalue weighted by molar-refractivity contribution is 0.122. The standard InChI is InChI=1S/C16H19NO2/c1-10-8-13-9-12(4-7-15(13)17-16(10)19)11-2-5-14(18)6-3-11/h4,7-9,11,14,18H,2-3,5-6H2,1H3,(H,17,19). The van der Waals surface area contributed by atoms with Crippen LogP contribution in [0.5, 0.6) is 0 Å². The number of aryl methyl sites for hydroxylation is 1. The molecule has 2 N–H and O–H groups in total. The summed E-state index contributed by atoms with van der Waals surface area (Å²) < 4.78 is 0. The molecule has 3 heteroatoms. The van der Waals surface area contributed by atoms with Gasteiger partial charge in [0.15, 0.2) is 0 Å². The first-order valence-electron chi connectivity index (χ1n) is 6.95. The predicted octanol–water partition coefficient (Wildman–Crippen LogP) is 2.86. The Morgan fingerprint density at radius 1 is 1.16 bits per heavy atom. The quantitative estimate of drug-likeness (QED) is 0.825. The molecule has 0 atom stereocenters. The zero-order valence-electron chi connectivity index (χ0n) is 11.1. The number of rotatable bonds is 1. The molecule has 1 aromatic carbocycles. The van der Waals surface area contributed by atoms with Crippen molar-refractivity contribution >= 4 is 10.9 Å². The van der Waals surface area contributed by atoms with Crippen LogP contribution in [0.4, 0.5) is 0 Å². The summed E-state index contributed by atoms with van der Waals surface area (Å²) in [5.41, 5.74) is 2.96. The lowest BCUT2D eigenvalue weighted by atomic mass is 9.82. The normalized spacial score (nSPS) is 23.7. The lowest BCUT2D eigenvalue weighted by Gasteiger charge is -2.25. The van der Waals surface area contributed by atoms with Gasteiger partial charge in [-0.25, -0.2) is 0 Å². The van der Waals surface area contributed by atoms with Crippen LogP contribution in [-0.2, 0) is 0 Å². The summed E-state index contributed by atoms with van der Waals surface area (Å²) in [5.74, 6) is 0.542. The van der Waals surface area contributed by atoms with Gasteiger partial charge in [0.05, 0.1) is 6.10 Å². The van der Waals surface area contributed by atoms with E-state index in [4.69, 9.17) is 0 Å². The fraction of sp³-hybridized carbons (Fsp3) is 0.438. The Morgan fingerprint density at radius 2 is 1.89 bits per heavy atom. The molecule has 0 aliphatic heterocycles. The Hall–Kier alpha value is -1.61. The molecule has 0 amide bonds. The highest BCUT2D eigenvalue weighted by Gasteiger charge is 2.20. The second-order valence-electron chi connectivity index (χ2n) is 5.63. The first kappa shape index (κ1) is 12.4. The van der Waals surface area contributed by atoms with Crippen molar-refractivity contribution < 1.29 is 5.11 Å². The summed E-state index contributed by atoms with van der Waals surface area (Å²) in [6, 6.07) is 8.24. The lowest BCUT2D eigenvalue weighted by Crippen LogP contribution is -2.17. The van der Waals surface area contributed by atoms with Crippen molar-refractivity contribution in [3.05, 3.63) is 45.7 Å². The monoisotopic (exact) mass is 257 g/mol. The molecule has 1 aromatic heterocycles. The van der Waals surface area contributed by atoms with E-state index < -0.39 is 0 Å². The number of benzene rings is 1. The van der Waals surface area contributed by atoms with Crippen molar-refractivity contribution in [2.75, 3.05) is 0 Å². The Bertz CT molecular complexity index is 651. The van der Waals surface area contributed by atoms with Gasteiger partial charge in [-0.15, -0.1) is 0 Å². The molecule has 0 unspecified atom stereocenters. The van der Waals surface area contributed by atoms with Crippen molar-refractivity contribution in [1.29, 1.82) is 0 Å². The topological polar surface area (TPSA) is 53.1 Å². The van der Waals surface area contributed by atoms with Crippen LogP contribution in [0.25, 0.3) is 10.9 Å². The summed E-state index contributed by atoms with van der Waals surface area (Å²) in [7, 11) is 0. The molecule has 0 bridgehead atoms. The summed E-state index contributed by atoms with van der Waals surface area (Å²) in [4.78, 5) is 14.5. The van der Waals surface area contributed by atoms with Crippen LogP contribution in [0.2, 0.25) is 0 Å². The second-order valence-corrected chi connectivity index (χ2v) is 5.63. The van der Waals surface area contributed by atoms with Crippen LogP contribution in [0.15, 0.2) is 29.1 Å². The summed E-state index contributed by atoms with van der Waals surface area (Å²) in [5, 5.41) is 10.7. The zero-order chi connectivity index (χ0) is 13.4. The molecule has 3 nitrogen and oxygen atoms in total. The molecule has 2 aromatic rings. The number of aliphatic hydroxyl groups is 1. The van der Waals surface area contributed by atoms with Crippen LogP contribution in [0.1, 0.15) is 42.7 Å². The number of fused-ring (bicyclic) bond motifs is 1. The molecule has 100 valence electrons. The average molecular weight is 257 g/mol. The van der Waals surface area contributed by atoms with Crippen molar-refractivity contribution in [2.24, 2.45) is 0 Å². The molecule has 0 radical (unpaired) electrons. The number of H-pyrrole nitrogens is 1. The number of hydrogen-bond donors (Lipinski definition) is 2. The minimum atomic E-state index is -0.115. The largest absolute Gasteiger partial charge is 0.393 e. The van der Waals surface area contributed by atoms with E-state index in [0.717, 1.165) is 42.1 Å². The van der Waals surface area contributed by atoms with Crippen LogP contribution in [0.3, 0.4) is 0 Å². The molecular formula is C16H19NO2. The Labute approximate surface area is 112 Å². The molecule has 19 heavy (non-hydrogen) atoms. The summed E-state index contributed by atoms with van der Waals surface area (Å²) in [6.07, 6.45) is 3.78. The van der Waals surface area contributed by atoms with E-state index >= 15 is 0 Å². The van der Waals surface area contributed by atoms with Crippen molar-refractivity contribution in [3.63, 3.8) is 0 Å². The maximum Gasteiger partial charge on any atom is 0.251 e. The first-order valence-corrected chi connectivity index (χ1v) is 6.95. The number of aliphatic hydroxyl groups excluding tert-OH is 1. The van der Waals surface area contributed by atoms with Crippen molar-refractivity contribution in [2.45, 2.75) is 44.6 Å². The second kappa shape index (κ2) is 4.82. The van der Waals surface area contributed by atoms with E-state index in [-0.39, 0.29) is 11.7 Å². The number of nitrogens with one attached hydrogen (secondary N) is 1. The minimum absolute atomic E-state index is 0.0129. The first-order chi connectivity index (χ1) is 9.13. The third-order valence-electron chi connectivity index (χ3n) is 4.22. The maximum absolute atomic E-state index is 11.6. The van der Waals surface area contributed by atoms with Gasteiger partial charge < -0.3 is 10.1 Å². The summed E-state index contributed by atoms with van der Waals surface area (Å²) >= 11 is 0. The number of hydrogen-bond acceptors (Lipinski definition) is 2. The summed E-state index contributed by atoms with van der Waals surface area (Å²) in [6.45, 7) is 1.84. The maximum atomic E-state index is 11.6. The molecule has 1 aliphatic carbocycles. The van der Waals surface area contributed by atoms with Gasteiger partial charge in [0.25, 0.3) is 5.56 Å². The molecule has 1 saturated carbocycles. The van der Waals surface area contributed by atoms with E-state index in [1.54, 1.807) is 0 Å². The van der Waals surface area contributed by atoms with Crippen molar-refractivity contribution in [1.82, 2.24) is 4.98 Å². The third-order valence-corrected chi connectivity index (χ3v) is 4.22. The van der Waals surface area contributed by atoms with Crippen LogP contribution >= 0.6 is 0 Å². The van der Waals surface area contributed by atoms with Gasteiger partial charge in [0.1, 0.15) is 0 Å². The van der Waals surface area contributed by atoms with E-state index in [0.29, 0.717) is 5.92 Å². The van der Waals surface area contributed by atoms with Crippen molar-refractivity contribution in [3.8, 4) is 0 Å². The van der Waals surface area contributed by atoms with E-state index in [9.17, 15) is 9.90 Å². The Kier molecular flexibility index (Phi) is 3.15. The fourth-order valence-corrected chi connectivity index (χ4v) is 3.00. The molecule has 1 aliphatic rings. The highest BCUT2D eigenvalue weighted by atomic mass is 16.3. The van der Waals surface area contributed by atoms with Gasteiger partial charge in [0, 0.05) is 11.1 Å². The number of pyridine rings is 1. The third kappa shape index (κ3) is 2.43. The van der Waals surface area contributed by atoms with E-state index in [1.807, 2.05) is 19.1 Å². The molecular weight excluding hydrogens is 238 g/mol. The minimum Gasteiger partial charge on any atom is -0.393 e. The number of aromatic nitrogens is 1. The SMILES string of the molecule is Cc1cc2cc(C3CCC(O)CC3)ccc2[nH]c1=O. The molecule has 3 rings (SSSR count). The van der Waals surface area contributed by atoms with E-state index in [2.05, 4.69) is 17.1 Å².